The Morgan fingerprint density at radius 1 is 0.292 bits per heavy atom. The SMILES string of the molecule is CC/C=C\C/C=C\C/C=C\C/C=C\C/C=C\C/C=C\C/C=C\C/C=C\CCCCC(=O)OCC(COC(=O)CCCCCCCCCCCCCC)OC(=O)CCCCCCC/C=C\CCCCCCCC. The Morgan fingerprint density at radius 2 is 0.542 bits per heavy atom. The van der Waals surface area contributed by atoms with Crippen LogP contribution in [0.4, 0.5) is 0 Å². The molecule has 0 amide bonds. The molecule has 0 spiro atoms. The quantitative estimate of drug-likeness (QED) is 0.0261. The molecule has 0 aromatic carbocycles. The molecule has 0 aromatic rings. The number of rotatable bonds is 53. The van der Waals surface area contributed by atoms with Gasteiger partial charge >= 0.3 is 17.9 Å². The minimum atomic E-state index is -0.800. The lowest BCUT2D eigenvalue weighted by Gasteiger charge is -2.18. The van der Waals surface area contributed by atoms with Gasteiger partial charge in [-0.05, 0) is 109 Å². The lowest BCUT2D eigenvalue weighted by atomic mass is 10.0. The Morgan fingerprint density at radius 3 is 0.889 bits per heavy atom. The fraction of sp³-hybridized carbons (Fsp3) is 0.682. The van der Waals surface area contributed by atoms with Gasteiger partial charge < -0.3 is 14.2 Å². The van der Waals surface area contributed by atoms with Gasteiger partial charge in [-0.3, -0.25) is 14.4 Å². The van der Waals surface area contributed by atoms with Crippen molar-refractivity contribution in [2.75, 3.05) is 13.2 Å². The highest BCUT2D eigenvalue weighted by molar-refractivity contribution is 5.71. The number of carbonyl (C=O) groups is 3. The van der Waals surface area contributed by atoms with E-state index in [1.54, 1.807) is 0 Å². The van der Waals surface area contributed by atoms with Gasteiger partial charge in [0.05, 0.1) is 0 Å². The zero-order valence-electron chi connectivity index (χ0n) is 46.9. The average Bonchev–Trinajstić information content (AvgIpc) is 3.38. The predicted octanol–water partition coefficient (Wildman–Crippen LogP) is 20.3. The highest BCUT2D eigenvalue weighted by Crippen LogP contribution is 2.15. The molecule has 1 atom stereocenters. The summed E-state index contributed by atoms with van der Waals surface area (Å²) >= 11 is 0. The fourth-order valence-electron chi connectivity index (χ4n) is 8.04. The summed E-state index contributed by atoms with van der Waals surface area (Å²) in [6.45, 7) is 6.48. The van der Waals surface area contributed by atoms with Crippen LogP contribution < -0.4 is 0 Å². The maximum absolute atomic E-state index is 12.8. The van der Waals surface area contributed by atoms with Crippen molar-refractivity contribution in [3.05, 3.63) is 109 Å². The molecular formula is C66H110O6. The second-order valence-electron chi connectivity index (χ2n) is 19.5. The van der Waals surface area contributed by atoms with E-state index >= 15 is 0 Å². The number of allylic oxidation sites excluding steroid dienone is 18. The summed E-state index contributed by atoms with van der Waals surface area (Å²) in [5, 5.41) is 0. The molecule has 6 nitrogen and oxygen atoms in total. The third-order valence-corrected chi connectivity index (χ3v) is 12.5. The lowest BCUT2D eigenvalue weighted by molar-refractivity contribution is -0.167. The summed E-state index contributed by atoms with van der Waals surface area (Å²) in [5.41, 5.74) is 0. The van der Waals surface area contributed by atoms with Gasteiger partial charge in [0.25, 0.3) is 0 Å². The first-order chi connectivity index (χ1) is 35.5. The Balaban J connectivity index is 4.41. The smallest absolute Gasteiger partial charge is 0.306 e. The lowest BCUT2D eigenvalue weighted by Crippen LogP contribution is -2.30. The number of hydrogen-bond acceptors (Lipinski definition) is 6. The molecule has 0 radical (unpaired) electrons. The highest BCUT2D eigenvalue weighted by Gasteiger charge is 2.19. The highest BCUT2D eigenvalue weighted by atomic mass is 16.6. The van der Waals surface area contributed by atoms with Crippen LogP contribution in [0.2, 0.25) is 0 Å². The Hall–Kier alpha value is -3.93. The van der Waals surface area contributed by atoms with Gasteiger partial charge in [0.15, 0.2) is 6.10 Å². The fourth-order valence-corrected chi connectivity index (χ4v) is 8.04. The summed E-state index contributed by atoms with van der Waals surface area (Å²) in [6, 6.07) is 0. The van der Waals surface area contributed by atoms with Gasteiger partial charge in [-0.2, -0.15) is 0 Å². The molecule has 0 aliphatic carbocycles. The minimum Gasteiger partial charge on any atom is -0.462 e. The van der Waals surface area contributed by atoms with E-state index in [-0.39, 0.29) is 31.1 Å². The molecule has 72 heavy (non-hydrogen) atoms. The molecule has 0 heterocycles. The molecule has 410 valence electrons. The van der Waals surface area contributed by atoms with Crippen molar-refractivity contribution in [1.82, 2.24) is 0 Å². The number of esters is 3. The summed E-state index contributed by atoms with van der Waals surface area (Å²) in [4.78, 5) is 38.1. The molecule has 0 rings (SSSR count). The number of unbranched alkanes of at least 4 members (excludes halogenated alkanes) is 24. The largest absolute Gasteiger partial charge is 0.462 e. The van der Waals surface area contributed by atoms with Crippen LogP contribution in [0, 0.1) is 0 Å². The molecule has 0 fully saturated rings. The monoisotopic (exact) mass is 999 g/mol. The van der Waals surface area contributed by atoms with Crippen LogP contribution in [0.1, 0.15) is 271 Å². The van der Waals surface area contributed by atoms with E-state index < -0.39 is 6.10 Å². The Bertz CT molecular complexity index is 1470. The van der Waals surface area contributed by atoms with Crippen molar-refractivity contribution < 1.29 is 28.6 Å². The summed E-state index contributed by atoms with van der Waals surface area (Å²) in [6.07, 6.45) is 80.8. The topological polar surface area (TPSA) is 78.9 Å². The molecular weight excluding hydrogens is 889 g/mol. The van der Waals surface area contributed by atoms with Crippen molar-refractivity contribution in [3.63, 3.8) is 0 Å². The van der Waals surface area contributed by atoms with Gasteiger partial charge in [0, 0.05) is 19.3 Å². The molecule has 0 bridgehead atoms. The van der Waals surface area contributed by atoms with Crippen LogP contribution in [0.3, 0.4) is 0 Å². The van der Waals surface area contributed by atoms with E-state index in [1.807, 2.05) is 0 Å². The first kappa shape index (κ1) is 68.1. The first-order valence-electron chi connectivity index (χ1n) is 29.9. The molecule has 0 saturated carbocycles. The van der Waals surface area contributed by atoms with E-state index in [0.717, 1.165) is 122 Å². The van der Waals surface area contributed by atoms with Crippen LogP contribution in [0.5, 0.6) is 0 Å². The normalized spacial score (nSPS) is 12.9. The molecule has 0 aromatic heterocycles. The van der Waals surface area contributed by atoms with Crippen LogP contribution >= 0.6 is 0 Å². The minimum absolute atomic E-state index is 0.0941. The molecule has 0 aliphatic rings. The van der Waals surface area contributed by atoms with Crippen molar-refractivity contribution in [2.24, 2.45) is 0 Å². The van der Waals surface area contributed by atoms with Crippen LogP contribution in [-0.2, 0) is 28.6 Å². The van der Waals surface area contributed by atoms with Crippen molar-refractivity contribution >= 4 is 17.9 Å². The van der Waals surface area contributed by atoms with Gasteiger partial charge in [-0.15, -0.1) is 0 Å². The van der Waals surface area contributed by atoms with E-state index in [2.05, 4.69) is 130 Å². The van der Waals surface area contributed by atoms with Crippen LogP contribution in [-0.4, -0.2) is 37.2 Å². The van der Waals surface area contributed by atoms with Crippen molar-refractivity contribution in [1.29, 1.82) is 0 Å². The predicted molar refractivity (Wildman–Crippen MR) is 311 cm³/mol. The molecule has 0 N–H and O–H groups in total. The maximum atomic E-state index is 12.8. The van der Waals surface area contributed by atoms with Crippen LogP contribution in [0.15, 0.2) is 109 Å². The zero-order valence-corrected chi connectivity index (χ0v) is 46.9. The summed E-state index contributed by atoms with van der Waals surface area (Å²) in [7, 11) is 0. The van der Waals surface area contributed by atoms with E-state index in [0.29, 0.717) is 19.3 Å². The molecule has 0 saturated heterocycles. The maximum Gasteiger partial charge on any atom is 0.306 e. The Kier molecular flexibility index (Phi) is 56.4. The standard InChI is InChI=1S/C66H110O6/c1-4-7-10-13-16-19-22-25-27-28-29-30-31-32-33-34-35-36-37-38-40-41-44-47-50-53-56-59-65(68)71-62-63(61-70-64(67)58-55-52-49-46-43-24-21-18-15-12-9-6-3)72-66(69)60-57-54-51-48-45-42-39-26-23-20-17-14-11-8-5-2/h7,10,16,19,25-27,29-30,32-33,35-36,38-40,44,47,63H,4-6,8-9,11-15,17-18,20-24,28,31,34,37,41-43,45-46,48-62H2,1-3H3/b10-7-,19-16-,27-25-,30-29-,33-32-,36-35-,39-26-,40-38-,47-44-. The zero-order chi connectivity index (χ0) is 52.2. The van der Waals surface area contributed by atoms with E-state index in [1.165, 1.54) is 109 Å². The van der Waals surface area contributed by atoms with Gasteiger partial charge in [0.2, 0.25) is 0 Å². The summed E-state index contributed by atoms with van der Waals surface area (Å²) in [5.74, 6) is -0.946. The molecule has 6 heteroatoms. The second kappa shape index (κ2) is 59.6. The number of carbonyl (C=O) groups excluding carboxylic acids is 3. The average molecular weight is 1000 g/mol. The summed E-state index contributed by atoms with van der Waals surface area (Å²) < 4.78 is 16.8. The second-order valence-corrected chi connectivity index (χ2v) is 19.5. The van der Waals surface area contributed by atoms with Gasteiger partial charge in [0.1, 0.15) is 13.2 Å². The van der Waals surface area contributed by atoms with Gasteiger partial charge in [-0.25, -0.2) is 0 Å². The third kappa shape index (κ3) is 57.0. The van der Waals surface area contributed by atoms with Gasteiger partial charge in [-0.1, -0.05) is 252 Å². The van der Waals surface area contributed by atoms with E-state index in [4.69, 9.17) is 14.2 Å². The molecule has 1 unspecified atom stereocenters. The molecule has 0 aliphatic heterocycles. The number of ether oxygens (including phenoxy) is 3. The number of hydrogen-bond donors (Lipinski definition) is 0. The Labute approximate surface area is 444 Å². The third-order valence-electron chi connectivity index (χ3n) is 12.5. The van der Waals surface area contributed by atoms with E-state index in [9.17, 15) is 14.4 Å². The van der Waals surface area contributed by atoms with Crippen LogP contribution in [0.25, 0.3) is 0 Å². The van der Waals surface area contributed by atoms with Crippen molar-refractivity contribution in [3.8, 4) is 0 Å². The first-order valence-corrected chi connectivity index (χ1v) is 29.9. The van der Waals surface area contributed by atoms with Crippen molar-refractivity contribution in [2.45, 2.75) is 277 Å².